The van der Waals surface area contributed by atoms with Gasteiger partial charge in [0, 0.05) is 24.5 Å². The number of pyridine rings is 1. The number of hydrogen-bond acceptors (Lipinski definition) is 3. The van der Waals surface area contributed by atoms with Gasteiger partial charge in [0.05, 0.1) is 0 Å². The number of nitrogens with one attached hydrogen (secondary N) is 2. The molecule has 1 aromatic rings. The minimum absolute atomic E-state index is 0.447. The Bertz CT molecular complexity index is 247. The molecule has 1 saturated heterocycles. The van der Waals surface area contributed by atoms with E-state index in [4.69, 9.17) is 0 Å². The van der Waals surface area contributed by atoms with E-state index in [0.29, 0.717) is 12.1 Å². The third-order valence-corrected chi connectivity index (χ3v) is 2.20. The largest absolute Gasteiger partial charge is 0.265 e. The van der Waals surface area contributed by atoms with Crippen LogP contribution in [-0.4, -0.2) is 11.0 Å². The van der Waals surface area contributed by atoms with E-state index in [1.807, 2.05) is 12.4 Å². The van der Waals surface area contributed by atoms with E-state index >= 15 is 0 Å². The Morgan fingerprint density at radius 3 is 2.67 bits per heavy atom. The number of aromatic nitrogens is 1. The van der Waals surface area contributed by atoms with Crippen LogP contribution < -0.4 is 10.9 Å². The molecular formula is C9H13N3. The molecule has 2 N–H and O–H groups in total. The average Bonchev–Trinajstić information content (AvgIpc) is 2.54. The zero-order valence-electron chi connectivity index (χ0n) is 7.12. The Labute approximate surface area is 72.2 Å². The first-order valence-electron chi connectivity index (χ1n) is 4.27. The van der Waals surface area contributed by atoms with Crippen molar-refractivity contribution in [1.29, 1.82) is 0 Å². The van der Waals surface area contributed by atoms with E-state index in [-0.39, 0.29) is 0 Å². The fourth-order valence-electron chi connectivity index (χ4n) is 1.53. The van der Waals surface area contributed by atoms with Gasteiger partial charge in [-0.05, 0) is 31.0 Å². The molecular weight excluding hydrogens is 150 g/mol. The van der Waals surface area contributed by atoms with Gasteiger partial charge in [0.1, 0.15) is 0 Å². The Morgan fingerprint density at radius 2 is 2.08 bits per heavy atom. The topological polar surface area (TPSA) is 37.0 Å². The van der Waals surface area contributed by atoms with Crippen LogP contribution in [-0.2, 0) is 0 Å². The van der Waals surface area contributed by atoms with Crippen molar-refractivity contribution in [2.75, 3.05) is 0 Å². The Morgan fingerprint density at radius 1 is 1.33 bits per heavy atom. The molecule has 0 bridgehead atoms. The van der Waals surface area contributed by atoms with Crippen LogP contribution in [0.3, 0.4) is 0 Å². The smallest absolute Gasteiger partial charge is 0.0478 e. The standard InChI is InChI=1S/C9H13N3/c1-7-6-9(12-11-7)8-2-4-10-5-3-8/h2-5,7,9,11-12H,6H2,1H3. The second-order valence-electron chi connectivity index (χ2n) is 3.26. The zero-order valence-corrected chi connectivity index (χ0v) is 7.12. The van der Waals surface area contributed by atoms with Crippen LogP contribution in [0.1, 0.15) is 24.9 Å². The predicted molar refractivity (Wildman–Crippen MR) is 47.3 cm³/mol. The molecule has 0 aromatic carbocycles. The first-order chi connectivity index (χ1) is 5.86. The van der Waals surface area contributed by atoms with Crippen LogP contribution in [0.15, 0.2) is 24.5 Å². The molecule has 3 nitrogen and oxygen atoms in total. The van der Waals surface area contributed by atoms with E-state index in [1.54, 1.807) is 0 Å². The van der Waals surface area contributed by atoms with Crippen molar-refractivity contribution in [3.05, 3.63) is 30.1 Å². The van der Waals surface area contributed by atoms with Crippen LogP contribution in [0, 0.1) is 0 Å². The molecule has 12 heavy (non-hydrogen) atoms. The SMILES string of the molecule is CC1CC(c2ccncc2)NN1. The van der Waals surface area contributed by atoms with Gasteiger partial charge in [-0.3, -0.25) is 15.8 Å². The third kappa shape index (κ3) is 1.47. The number of hydrogen-bond donors (Lipinski definition) is 2. The molecule has 0 saturated carbocycles. The zero-order chi connectivity index (χ0) is 8.39. The maximum absolute atomic E-state index is 3.99. The summed E-state index contributed by atoms with van der Waals surface area (Å²) in [5.74, 6) is 0. The van der Waals surface area contributed by atoms with Crippen molar-refractivity contribution in [1.82, 2.24) is 15.8 Å². The summed E-state index contributed by atoms with van der Waals surface area (Å²) in [5.41, 5.74) is 7.75. The van der Waals surface area contributed by atoms with Crippen molar-refractivity contribution in [2.24, 2.45) is 0 Å². The molecule has 2 atom stereocenters. The summed E-state index contributed by atoms with van der Waals surface area (Å²) in [5, 5.41) is 0. The summed E-state index contributed by atoms with van der Waals surface area (Å²) < 4.78 is 0. The molecule has 0 aliphatic carbocycles. The number of hydrazine groups is 1. The first-order valence-corrected chi connectivity index (χ1v) is 4.27. The van der Waals surface area contributed by atoms with Gasteiger partial charge in [-0.1, -0.05) is 0 Å². The van der Waals surface area contributed by atoms with E-state index in [2.05, 4.69) is 34.9 Å². The lowest BCUT2D eigenvalue weighted by Gasteiger charge is -2.07. The summed E-state index contributed by atoms with van der Waals surface area (Å²) in [7, 11) is 0. The summed E-state index contributed by atoms with van der Waals surface area (Å²) in [6.45, 7) is 2.17. The van der Waals surface area contributed by atoms with Crippen molar-refractivity contribution in [2.45, 2.75) is 25.4 Å². The Kier molecular flexibility index (Phi) is 2.06. The normalized spacial score (nSPS) is 29.1. The monoisotopic (exact) mass is 163 g/mol. The van der Waals surface area contributed by atoms with Gasteiger partial charge in [0.25, 0.3) is 0 Å². The van der Waals surface area contributed by atoms with Gasteiger partial charge < -0.3 is 0 Å². The molecule has 1 aliphatic heterocycles. The minimum Gasteiger partial charge on any atom is -0.265 e. The van der Waals surface area contributed by atoms with Gasteiger partial charge in [0.15, 0.2) is 0 Å². The van der Waals surface area contributed by atoms with Crippen LogP contribution in [0.5, 0.6) is 0 Å². The minimum atomic E-state index is 0.447. The molecule has 3 heteroatoms. The fraction of sp³-hybridized carbons (Fsp3) is 0.444. The predicted octanol–water partition coefficient (Wildman–Crippen LogP) is 1.01. The lowest BCUT2D eigenvalue weighted by atomic mass is 10.0. The van der Waals surface area contributed by atoms with Crippen molar-refractivity contribution < 1.29 is 0 Å². The van der Waals surface area contributed by atoms with Crippen LogP contribution in [0.2, 0.25) is 0 Å². The molecule has 0 radical (unpaired) electrons. The van der Waals surface area contributed by atoms with Crippen LogP contribution >= 0.6 is 0 Å². The van der Waals surface area contributed by atoms with Crippen LogP contribution in [0.25, 0.3) is 0 Å². The molecule has 2 unspecified atom stereocenters. The highest BCUT2D eigenvalue weighted by atomic mass is 15.4. The summed E-state index contributed by atoms with van der Waals surface area (Å²) in [6, 6.07) is 5.11. The second kappa shape index (κ2) is 3.21. The maximum atomic E-state index is 3.99. The molecule has 64 valence electrons. The second-order valence-corrected chi connectivity index (χ2v) is 3.26. The third-order valence-electron chi connectivity index (χ3n) is 2.20. The fourth-order valence-corrected chi connectivity index (χ4v) is 1.53. The van der Waals surface area contributed by atoms with Crippen molar-refractivity contribution in [3.8, 4) is 0 Å². The maximum Gasteiger partial charge on any atom is 0.0478 e. The van der Waals surface area contributed by atoms with Crippen molar-refractivity contribution in [3.63, 3.8) is 0 Å². The molecule has 1 fully saturated rings. The highest BCUT2D eigenvalue weighted by Crippen LogP contribution is 2.20. The molecule has 1 aliphatic rings. The summed E-state index contributed by atoms with van der Waals surface area (Å²) in [4.78, 5) is 3.99. The lowest BCUT2D eigenvalue weighted by Crippen LogP contribution is -2.28. The molecule has 0 amide bonds. The summed E-state index contributed by atoms with van der Waals surface area (Å²) in [6.07, 6.45) is 4.81. The van der Waals surface area contributed by atoms with Gasteiger partial charge in [0.2, 0.25) is 0 Å². The van der Waals surface area contributed by atoms with Crippen molar-refractivity contribution >= 4 is 0 Å². The van der Waals surface area contributed by atoms with E-state index in [0.717, 1.165) is 6.42 Å². The number of nitrogens with zero attached hydrogens (tertiary/aromatic N) is 1. The first kappa shape index (κ1) is 7.71. The van der Waals surface area contributed by atoms with Crippen LogP contribution in [0.4, 0.5) is 0 Å². The molecule has 1 aromatic heterocycles. The quantitative estimate of drug-likeness (QED) is 0.648. The Hall–Kier alpha value is -0.930. The summed E-state index contributed by atoms with van der Waals surface area (Å²) >= 11 is 0. The van der Waals surface area contributed by atoms with E-state index in [9.17, 15) is 0 Å². The number of rotatable bonds is 1. The highest BCUT2D eigenvalue weighted by Gasteiger charge is 2.20. The van der Waals surface area contributed by atoms with Gasteiger partial charge in [-0.15, -0.1) is 0 Å². The van der Waals surface area contributed by atoms with E-state index < -0.39 is 0 Å². The average molecular weight is 163 g/mol. The lowest BCUT2D eigenvalue weighted by molar-refractivity contribution is 0.560. The molecule has 2 rings (SSSR count). The Balaban J connectivity index is 2.11. The van der Waals surface area contributed by atoms with Gasteiger partial charge in [-0.2, -0.15) is 0 Å². The van der Waals surface area contributed by atoms with Gasteiger partial charge >= 0.3 is 0 Å². The molecule has 0 spiro atoms. The van der Waals surface area contributed by atoms with E-state index in [1.165, 1.54) is 5.56 Å². The van der Waals surface area contributed by atoms with Gasteiger partial charge in [-0.25, -0.2) is 0 Å². The highest BCUT2D eigenvalue weighted by molar-refractivity contribution is 5.16. The molecule has 2 heterocycles.